The lowest BCUT2D eigenvalue weighted by atomic mass is 10.2. The number of amides is 2. The smallest absolute Gasteiger partial charge is 0.313 e. The van der Waals surface area contributed by atoms with Crippen molar-refractivity contribution >= 4 is 23.2 Å². The van der Waals surface area contributed by atoms with E-state index in [9.17, 15) is 9.59 Å². The highest BCUT2D eigenvalue weighted by Gasteiger charge is 2.18. The molecule has 1 aromatic rings. The van der Waals surface area contributed by atoms with Gasteiger partial charge in [0.1, 0.15) is 0 Å². The Kier molecular flexibility index (Phi) is 5.99. The zero-order valence-electron chi connectivity index (χ0n) is 12.0. The fraction of sp³-hybridized carbons (Fsp3) is 0.429. The van der Waals surface area contributed by atoms with Crippen molar-refractivity contribution < 1.29 is 14.7 Å². The predicted octanol–water partition coefficient (Wildman–Crippen LogP) is 0.578. The number of carbonyl (C=O) groups excluding carboxylic acids is 2. The second-order valence-electron chi connectivity index (χ2n) is 4.63. The van der Waals surface area contributed by atoms with E-state index in [0.29, 0.717) is 12.1 Å². The highest BCUT2D eigenvalue weighted by molar-refractivity contribution is 6.40. The summed E-state index contributed by atoms with van der Waals surface area (Å²) in [4.78, 5) is 25.4. The van der Waals surface area contributed by atoms with Gasteiger partial charge in [0.15, 0.2) is 0 Å². The van der Waals surface area contributed by atoms with Crippen LogP contribution in [0.15, 0.2) is 24.3 Å². The van der Waals surface area contributed by atoms with Crippen LogP contribution in [-0.2, 0) is 9.59 Å². The van der Waals surface area contributed by atoms with Crippen LogP contribution in [0, 0.1) is 0 Å². The molecule has 1 aromatic carbocycles. The fourth-order valence-corrected chi connectivity index (χ4v) is 1.68. The largest absolute Gasteiger partial charge is 0.394 e. The number of benzene rings is 1. The minimum Gasteiger partial charge on any atom is -0.394 e. The Morgan fingerprint density at radius 2 is 1.90 bits per heavy atom. The topological polar surface area (TPSA) is 81.7 Å². The Hall–Kier alpha value is -2.08. The number of rotatable bonds is 5. The van der Waals surface area contributed by atoms with Crippen LogP contribution < -0.4 is 15.5 Å². The van der Waals surface area contributed by atoms with E-state index in [1.54, 1.807) is 12.1 Å². The van der Waals surface area contributed by atoms with E-state index in [2.05, 4.69) is 10.6 Å². The van der Waals surface area contributed by atoms with Gasteiger partial charge in [-0.1, -0.05) is 19.1 Å². The molecule has 0 bridgehead atoms. The molecule has 1 atom stereocenters. The molecule has 6 nitrogen and oxygen atoms in total. The minimum atomic E-state index is -0.751. The van der Waals surface area contributed by atoms with E-state index >= 15 is 0 Å². The molecule has 2 amide bonds. The molecule has 0 aromatic heterocycles. The third kappa shape index (κ3) is 4.24. The van der Waals surface area contributed by atoms with Gasteiger partial charge >= 0.3 is 11.8 Å². The normalized spacial score (nSPS) is 11.6. The first-order chi connectivity index (χ1) is 9.49. The summed E-state index contributed by atoms with van der Waals surface area (Å²) in [5, 5.41) is 14.1. The number of aliphatic hydroxyl groups is 1. The van der Waals surface area contributed by atoms with Gasteiger partial charge < -0.3 is 20.6 Å². The average molecular weight is 279 g/mol. The third-order valence-electron chi connectivity index (χ3n) is 2.89. The Balaban J connectivity index is 2.73. The van der Waals surface area contributed by atoms with Crippen LogP contribution in [-0.4, -0.2) is 43.7 Å². The summed E-state index contributed by atoms with van der Waals surface area (Å²) in [5.74, 6) is -1.49. The molecule has 3 N–H and O–H groups in total. The molecule has 20 heavy (non-hydrogen) atoms. The quantitative estimate of drug-likeness (QED) is 0.689. The molecule has 0 radical (unpaired) electrons. The molecule has 6 heteroatoms. The highest BCUT2D eigenvalue weighted by atomic mass is 16.3. The summed E-state index contributed by atoms with van der Waals surface area (Å²) in [6.07, 6.45) is 0.559. The molecule has 0 heterocycles. The molecule has 110 valence electrons. The van der Waals surface area contributed by atoms with E-state index in [1.807, 2.05) is 38.1 Å². The molecule has 1 unspecified atom stereocenters. The van der Waals surface area contributed by atoms with Gasteiger partial charge in [-0.2, -0.15) is 0 Å². The summed E-state index contributed by atoms with van der Waals surface area (Å²) >= 11 is 0. The van der Waals surface area contributed by atoms with Gasteiger partial charge in [0.05, 0.1) is 24.0 Å². The summed E-state index contributed by atoms with van der Waals surface area (Å²) in [6, 6.07) is 6.80. The first-order valence-electron chi connectivity index (χ1n) is 6.48. The maximum atomic E-state index is 11.8. The molecule has 0 saturated carbocycles. The molecule has 0 saturated heterocycles. The van der Waals surface area contributed by atoms with Crippen LogP contribution in [0.5, 0.6) is 0 Å². The summed E-state index contributed by atoms with van der Waals surface area (Å²) in [5.41, 5.74) is 1.37. The van der Waals surface area contributed by atoms with Gasteiger partial charge in [-0.15, -0.1) is 0 Å². The van der Waals surface area contributed by atoms with Gasteiger partial charge in [0, 0.05) is 14.1 Å². The van der Waals surface area contributed by atoms with Gasteiger partial charge in [-0.05, 0) is 18.6 Å². The van der Waals surface area contributed by atoms with Gasteiger partial charge in [-0.25, -0.2) is 0 Å². The van der Waals surface area contributed by atoms with Crippen molar-refractivity contribution in [2.24, 2.45) is 0 Å². The first-order valence-corrected chi connectivity index (χ1v) is 6.48. The first kappa shape index (κ1) is 16.0. The van der Waals surface area contributed by atoms with Crippen LogP contribution in [0.2, 0.25) is 0 Å². The van der Waals surface area contributed by atoms with Crippen LogP contribution in [0.25, 0.3) is 0 Å². The second kappa shape index (κ2) is 7.49. The standard InChI is InChI=1S/C14H21N3O3/c1-4-10(9-18)15-13(19)14(20)16-11-7-5-6-8-12(11)17(2)3/h5-8,10,18H,4,9H2,1-3H3,(H,15,19)(H,16,20). The number of nitrogens with zero attached hydrogens (tertiary/aromatic N) is 1. The number of carbonyl (C=O) groups is 2. The van der Waals surface area contributed by atoms with Crippen molar-refractivity contribution in [3.05, 3.63) is 24.3 Å². The number of hydrogen-bond donors (Lipinski definition) is 3. The third-order valence-corrected chi connectivity index (χ3v) is 2.89. The fourth-order valence-electron chi connectivity index (χ4n) is 1.68. The molecular formula is C14H21N3O3. The average Bonchev–Trinajstić information content (AvgIpc) is 2.44. The van der Waals surface area contributed by atoms with Crippen molar-refractivity contribution in [2.45, 2.75) is 19.4 Å². The van der Waals surface area contributed by atoms with Crippen LogP contribution in [0.4, 0.5) is 11.4 Å². The van der Waals surface area contributed by atoms with Crippen molar-refractivity contribution in [2.75, 3.05) is 30.9 Å². The molecule has 0 aliphatic rings. The molecule has 0 aliphatic carbocycles. The van der Waals surface area contributed by atoms with Crippen molar-refractivity contribution in [1.29, 1.82) is 0 Å². The van der Waals surface area contributed by atoms with Gasteiger partial charge in [0.2, 0.25) is 0 Å². The summed E-state index contributed by atoms with van der Waals surface area (Å²) in [7, 11) is 3.70. The number of para-hydroxylation sites is 2. The lowest BCUT2D eigenvalue weighted by Crippen LogP contribution is -2.43. The lowest BCUT2D eigenvalue weighted by molar-refractivity contribution is -0.136. The van der Waals surface area contributed by atoms with Crippen molar-refractivity contribution in [1.82, 2.24) is 5.32 Å². The molecule has 0 spiro atoms. The number of hydrogen-bond acceptors (Lipinski definition) is 4. The van der Waals surface area contributed by atoms with E-state index in [-0.39, 0.29) is 6.61 Å². The zero-order valence-corrected chi connectivity index (χ0v) is 12.0. The SMILES string of the molecule is CCC(CO)NC(=O)C(=O)Nc1ccccc1N(C)C. The lowest BCUT2D eigenvalue weighted by Gasteiger charge is -2.18. The summed E-state index contributed by atoms with van der Waals surface area (Å²) < 4.78 is 0. The second-order valence-corrected chi connectivity index (χ2v) is 4.63. The molecular weight excluding hydrogens is 258 g/mol. The molecule has 0 fully saturated rings. The Bertz CT molecular complexity index is 470. The molecule has 1 rings (SSSR count). The van der Waals surface area contributed by atoms with Crippen LogP contribution in [0.3, 0.4) is 0 Å². The van der Waals surface area contributed by atoms with E-state index in [1.165, 1.54) is 0 Å². The van der Waals surface area contributed by atoms with E-state index in [0.717, 1.165) is 5.69 Å². The van der Waals surface area contributed by atoms with Gasteiger partial charge in [0.25, 0.3) is 0 Å². The van der Waals surface area contributed by atoms with E-state index < -0.39 is 17.9 Å². The number of nitrogens with one attached hydrogen (secondary N) is 2. The number of anilines is 2. The predicted molar refractivity (Wildman–Crippen MR) is 78.7 cm³/mol. The van der Waals surface area contributed by atoms with Gasteiger partial charge in [-0.3, -0.25) is 9.59 Å². The van der Waals surface area contributed by atoms with Crippen molar-refractivity contribution in [3.8, 4) is 0 Å². The number of aliphatic hydroxyl groups excluding tert-OH is 1. The minimum absolute atomic E-state index is 0.191. The Morgan fingerprint density at radius 1 is 1.25 bits per heavy atom. The van der Waals surface area contributed by atoms with Crippen molar-refractivity contribution in [3.63, 3.8) is 0 Å². The Morgan fingerprint density at radius 3 is 2.45 bits per heavy atom. The highest BCUT2D eigenvalue weighted by Crippen LogP contribution is 2.23. The van der Waals surface area contributed by atoms with Crippen LogP contribution in [0.1, 0.15) is 13.3 Å². The summed E-state index contributed by atoms with van der Waals surface area (Å²) in [6.45, 7) is 1.63. The maximum Gasteiger partial charge on any atom is 0.313 e. The van der Waals surface area contributed by atoms with Crippen LogP contribution >= 0.6 is 0 Å². The van der Waals surface area contributed by atoms with E-state index in [4.69, 9.17) is 5.11 Å². The zero-order chi connectivity index (χ0) is 15.1. The monoisotopic (exact) mass is 279 g/mol. The maximum absolute atomic E-state index is 11.8. The Labute approximate surface area is 118 Å². The molecule has 0 aliphatic heterocycles.